The molecule has 2 aromatic carbocycles. The monoisotopic (exact) mass is 469 g/mol. The van der Waals surface area contributed by atoms with Gasteiger partial charge in [-0.25, -0.2) is 4.98 Å². The molecule has 0 aliphatic heterocycles. The number of fused-ring (bicyclic) bond motifs is 1. The molecule has 0 fully saturated rings. The van der Waals surface area contributed by atoms with E-state index in [1.54, 1.807) is 11.8 Å². The van der Waals surface area contributed by atoms with E-state index in [0.717, 1.165) is 27.6 Å². The number of amides is 1. The highest BCUT2D eigenvalue weighted by Crippen LogP contribution is 2.31. The van der Waals surface area contributed by atoms with Crippen molar-refractivity contribution in [3.05, 3.63) is 53.1 Å². The summed E-state index contributed by atoms with van der Waals surface area (Å²) < 4.78 is 0.999. The van der Waals surface area contributed by atoms with Gasteiger partial charge in [0.2, 0.25) is 5.91 Å². The van der Waals surface area contributed by atoms with Crippen LogP contribution in [0.15, 0.2) is 47.4 Å². The second kappa shape index (κ2) is 11.2. The highest BCUT2D eigenvalue weighted by atomic mass is 35.5. The predicted octanol–water partition coefficient (Wildman–Crippen LogP) is 5.76. The summed E-state index contributed by atoms with van der Waals surface area (Å²) in [6.07, 6.45) is 0.475. The van der Waals surface area contributed by atoms with Gasteiger partial charge in [0.1, 0.15) is 0 Å². The third kappa shape index (κ3) is 6.86. The van der Waals surface area contributed by atoms with Crippen LogP contribution in [0.5, 0.6) is 0 Å². The molecule has 0 unspecified atom stereocenters. The van der Waals surface area contributed by atoms with Gasteiger partial charge in [0.05, 0.1) is 10.2 Å². The van der Waals surface area contributed by atoms with Crippen molar-refractivity contribution in [3.8, 4) is 0 Å². The largest absolute Gasteiger partial charge is 0.308 e. The van der Waals surface area contributed by atoms with Crippen molar-refractivity contribution >= 4 is 68.4 Å². The van der Waals surface area contributed by atoms with E-state index in [1.165, 1.54) is 21.8 Å². The first kappa shape index (κ1) is 24.0. The van der Waals surface area contributed by atoms with Crippen molar-refractivity contribution < 1.29 is 4.79 Å². The van der Waals surface area contributed by atoms with E-state index in [4.69, 9.17) is 11.6 Å². The van der Waals surface area contributed by atoms with Crippen molar-refractivity contribution in [2.75, 3.05) is 37.8 Å². The third-order valence-electron chi connectivity index (χ3n) is 4.25. The number of aryl methyl sites for hydroxylation is 1. The Labute approximate surface area is 191 Å². The number of likely N-dealkylation sites (N-methyl/N-ethyl adjacent to an activating group) is 1. The number of thioether (sulfide) groups is 1. The molecule has 1 aromatic heterocycles. The quantitative estimate of drug-likeness (QED) is 0.393. The first-order valence-corrected chi connectivity index (χ1v) is 11.3. The van der Waals surface area contributed by atoms with Crippen molar-refractivity contribution in [1.29, 1.82) is 0 Å². The van der Waals surface area contributed by atoms with Crippen LogP contribution in [0, 0.1) is 6.92 Å². The molecule has 0 bridgehead atoms. The van der Waals surface area contributed by atoms with Crippen LogP contribution in [0.4, 0.5) is 5.13 Å². The molecule has 29 heavy (non-hydrogen) atoms. The van der Waals surface area contributed by atoms with Crippen LogP contribution in [-0.2, 0) is 4.79 Å². The molecule has 0 N–H and O–H groups in total. The molecule has 0 radical (unpaired) electrons. The lowest BCUT2D eigenvalue weighted by Gasteiger charge is -2.22. The number of nitrogens with zero attached hydrogens (tertiary/aromatic N) is 3. The highest BCUT2D eigenvalue weighted by Gasteiger charge is 2.19. The summed E-state index contributed by atoms with van der Waals surface area (Å²) in [4.78, 5) is 22.7. The Morgan fingerprint density at radius 3 is 2.55 bits per heavy atom. The first-order chi connectivity index (χ1) is 13.4. The minimum atomic E-state index is 0. The number of anilines is 1. The molecule has 0 saturated carbocycles. The Kier molecular flexibility index (Phi) is 9.24. The minimum absolute atomic E-state index is 0. The van der Waals surface area contributed by atoms with Crippen LogP contribution in [0.3, 0.4) is 0 Å². The Balaban J connectivity index is 0.00000300. The fraction of sp³-hybridized carbons (Fsp3) is 0.333. The van der Waals surface area contributed by atoms with Crippen molar-refractivity contribution in [2.45, 2.75) is 18.2 Å². The van der Waals surface area contributed by atoms with Gasteiger partial charge in [-0.3, -0.25) is 9.69 Å². The molecule has 156 valence electrons. The SMILES string of the molecule is Cc1ccc(SCCC(=O)N(CCN(C)C)c2nc3ccc(Cl)cc3s2)cc1.Cl. The predicted molar refractivity (Wildman–Crippen MR) is 129 cm³/mol. The fourth-order valence-electron chi connectivity index (χ4n) is 2.65. The van der Waals surface area contributed by atoms with Crippen LogP contribution < -0.4 is 4.90 Å². The van der Waals surface area contributed by atoms with Gasteiger partial charge in [-0.1, -0.05) is 40.6 Å². The van der Waals surface area contributed by atoms with Crippen LogP contribution in [0.1, 0.15) is 12.0 Å². The molecule has 1 heterocycles. The lowest BCUT2D eigenvalue weighted by atomic mass is 10.2. The molecule has 4 nitrogen and oxygen atoms in total. The van der Waals surface area contributed by atoms with E-state index in [-0.39, 0.29) is 18.3 Å². The molecule has 8 heteroatoms. The van der Waals surface area contributed by atoms with Crippen LogP contribution in [0.25, 0.3) is 10.2 Å². The average Bonchev–Trinajstić information content (AvgIpc) is 3.06. The summed E-state index contributed by atoms with van der Waals surface area (Å²) in [5, 5.41) is 1.42. The normalized spacial score (nSPS) is 10.9. The lowest BCUT2D eigenvalue weighted by molar-refractivity contribution is -0.118. The zero-order valence-corrected chi connectivity index (χ0v) is 19.9. The third-order valence-corrected chi connectivity index (χ3v) is 6.54. The topological polar surface area (TPSA) is 36.4 Å². The van der Waals surface area contributed by atoms with Gasteiger partial charge in [0.25, 0.3) is 0 Å². The molecular formula is C21H25Cl2N3OS2. The second-order valence-corrected chi connectivity index (χ2v) is 9.48. The molecule has 1 amide bonds. The van der Waals surface area contributed by atoms with Crippen LogP contribution >= 0.6 is 47.1 Å². The van der Waals surface area contributed by atoms with Gasteiger partial charge in [-0.2, -0.15) is 0 Å². The standard InChI is InChI=1S/C21H24ClN3OS2.ClH/c1-15-4-7-17(8-5-15)27-13-10-20(26)25(12-11-24(2)3)21-23-18-9-6-16(22)14-19(18)28-21;/h4-9,14H,10-13H2,1-3H3;1H. The molecular weight excluding hydrogens is 445 g/mol. The van der Waals surface area contributed by atoms with E-state index in [2.05, 4.69) is 41.1 Å². The number of hydrogen-bond donors (Lipinski definition) is 0. The Morgan fingerprint density at radius 1 is 1.14 bits per heavy atom. The first-order valence-electron chi connectivity index (χ1n) is 9.13. The van der Waals surface area contributed by atoms with E-state index in [0.29, 0.717) is 18.0 Å². The number of hydrogen-bond acceptors (Lipinski definition) is 5. The van der Waals surface area contributed by atoms with Crippen LogP contribution in [-0.4, -0.2) is 48.7 Å². The number of benzene rings is 2. The van der Waals surface area contributed by atoms with Crippen molar-refractivity contribution in [1.82, 2.24) is 9.88 Å². The number of rotatable bonds is 8. The number of thiazole rings is 1. The molecule has 0 atom stereocenters. The summed E-state index contributed by atoms with van der Waals surface area (Å²) in [5.74, 6) is 0.850. The van der Waals surface area contributed by atoms with E-state index in [1.807, 2.05) is 37.2 Å². The van der Waals surface area contributed by atoms with Gasteiger partial charge in [0.15, 0.2) is 5.13 Å². The van der Waals surface area contributed by atoms with E-state index >= 15 is 0 Å². The zero-order valence-electron chi connectivity index (χ0n) is 16.7. The molecule has 0 aliphatic rings. The fourth-order valence-corrected chi connectivity index (χ4v) is 4.78. The summed E-state index contributed by atoms with van der Waals surface area (Å²) >= 11 is 9.32. The van der Waals surface area contributed by atoms with Crippen molar-refractivity contribution in [2.24, 2.45) is 0 Å². The smallest absolute Gasteiger partial charge is 0.229 e. The Hall–Kier alpha value is -1.31. The summed E-state index contributed by atoms with van der Waals surface area (Å²) in [6.45, 7) is 3.48. The molecule has 3 rings (SSSR count). The molecule has 3 aromatic rings. The zero-order chi connectivity index (χ0) is 20.1. The summed E-state index contributed by atoms with van der Waals surface area (Å²) in [6, 6.07) is 14.0. The highest BCUT2D eigenvalue weighted by molar-refractivity contribution is 7.99. The molecule has 0 spiro atoms. The van der Waals surface area contributed by atoms with Gasteiger partial charge in [0, 0.05) is 35.2 Å². The maximum atomic E-state index is 13.0. The Morgan fingerprint density at radius 2 is 1.86 bits per heavy atom. The average molecular weight is 470 g/mol. The number of carbonyl (C=O) groups excluding carboxylic acids is 1. The molecule has 0 aliphatic carbocycles. The number of carbonyl (C=O) groups is 1. The summed E-state index contributed by atoms with van der Waals surface area (Å²) in [5.41, 5.74) is 2.12. The second-order valence-electron chi connectivity index (χ2n) is 6.87. The van der Waals surface area contributed by atoms with Gasteiger partial charge < -0.3 is 4.90 Å². The maximum absolute atomic E-state index is 13.0. The molecule has 0 saturated heterocycles. The number of halogens is 2. The van der Waals surface area contributed by atoms with E-state index < -0.39 is 0 Å². The van der Waals surface area contributed by atoms with Gasteiger partial charge in [-0.15, -0.1) is 24.2 Å². The van der Waals surface area contributed by atoms with Gasteiger partial charge >= 0.3 is 0 Å². The van der Waals surface area contributed by atoms with Crippen LogP contribution in [0.2, 0.25) is 5.02 Å². The Bertz CT molecular complexity index is 945. The maximum Gasteiger partial charge on any atom is 0.229 e. The van der Waals surface area contributed by atoms with E-state index in [9.17, 15) is 4.79 Å². The lowest BCUT2D eigenvalue weighted by Crippen LogP contribution is -2.36. The van der Waals surface area contributed by atoms with Crippen molar-refractivity contribution in [3.63, 3.8) is 0 Å². The van der Waals surface area contributed by atoms with Gasteiger partial charge in [-0.05, 0) is 51.4 Å². The summed E-state index contributed by atoms with van der Waals surface area (Å²) in [7, 11) is 4.02. The minimum Gasteiger partial charge on any atom is -0.308 e. The number of aromatic nitrogens is 1.